The predicted molar refractivity (Wildman–Crippen MR) is 83.9 cm³/mol. The summed E-state index contributed by atoms with van der Waals surface area (Å²) < 4.78 is 0. The van der Waals surface area contributed by atoms with E-state index in [1.807, 2.05) is 54.6 Å². The second-order valence-corrected chi connectivity index (χ2v) is 5.08. The Bertz CT molecular complexity index is 799. The van der Waals surface area contributed by atoms with Gasteiger partial charge in [-0.05, 0) is 29.3 Å². The summed E-state index contributed by atoms with van der Waals surface area (Å²) in [5.74, 6) is -0.510. The molecule has 7 nitrogen and oxygen atoms in total. The lowest BCUT2D eigenvalue weighted by Crippen LogP contribution is -2.32. The predicted octanol–water partition coefficient (Wildman–Crippen LogP) is 1.28. The maximum Gasteiger partial charge on any atom is 0.320 e. The van der Waals surface area contributed by atoms with Crippen LogP contribution in [0.3, 0.4) is 0 Å². The quantitative estimate of drug-likeness (QED) is 0.735. The van der Waals surface area contributed by atoms with E-state index in [2.05, 4.69) is 15.4 Å². The second kappa shape index (κ2) is 6.37. The molecule has 23 heavy (non-hydrogen) atoms. The highest BCUT2D eigenvalue weighted by Crippen LogP contribution is 2.16. The molecule has 3 N–H and O–H groups in total. The van der Waals surface area contributed by atoms with Gasteiger partial charge in [0, 0.05) is 5.56 Å². The third kappa shape index (κ3) is 3.41. The van der Waals surface area contributed by atoms with Crippen LogP contribution >= 0.6 is 0 Å². The fourth-order valence-corrected chi connectivity index (χ4v) is 2.13. The Kier molecular flexibility index (Phi) is 4.11. The Morgan fingerprint density at radius 2 is 1.83 bits per heavy atom. The van der Waals surface area contributed by atoms with Crippen LogP contribution in [0.1, 0.15) is 5.56 Å². The number of benzene rings is 2. The smallest absolute Gasteiger partial charge is 0.320 e. The average molecular weight is 309 g/mol. The summed E-state index contributed by atoms with van der Waals surface area (Å²) in [6.07, 6.45) is 0.278. The number of rotatable bonds is 5. The first-order valence-corrected chi connectivity index (χ1v) is 7.06. The second-order valence-electron chi connectivity index (χ2n) is 5.08. The van der Waals surface area contributed by atoms with Crippen molar-refractivity contribution in [2.45, 2.75) is 12.5 Å². The standard InChI is InChI=1S/C16H15N5O2/c17-14(16(22)23)10-11-6-8-12(9-7-11)15-18-20-21(19-15)13-4-2-1-3-5-13/h1-9,14H,10,17H2,(H,22,23)/t14-/m0/s1. The molecule has 0 aliphatic carbocycles. The first kappa shape index (κ1) is 14.9. The Labute approximate surface area is 132 Å². The molecule has 0 aliphatic rings. The fraction of sp³-hybridized carbons (Fsp3) is 0.125. The molecule has 1 aromatic heterocycles. The number of carboxylic acids is 1. The maximum atomic E-state index is 10.8. The lowest BCUT2D eigenvalue weighted by atomic mass is 10.0. The summed E-state index contributed by atoms with van der Waals surface area (Å²) in [5.41, 5.74) is 8.01. The molecule has 0 radical (unpaired) electrons. The van der Waals surface area contributed by atoms with Crippen LogP contribution in [-0.2, 0) is 11.2 Å². The van der Waals surface area contributed by atoms with E-state index >= 15 is 0 Å². The van der Waals surface area contributed by atoms with Gasteiger partial charge in [-0.15, -0.1) is 15.0 Å². The molecule has 2 aromatic carbocycles. The van der Waals surface area contributed by atoms with E-state index in [0.717, 1.165) is 16.8 Å². The number of tetrazole rings is 1. The molecule has 0 saturated carbocycles. The van der Waals surface area contributed by atoms with Gasteiger partial charge in [0.15, 0.2) is 0 Å². The minimum absolute atomic E-state index is 0.278. The first-order valence-electron chi connectivity index (χ1n) is 7.06. The lowest BCUT2D eigenvalue weighted by Gasteiger charge is -2.06. The van der Waals surface area contributed by atoms with Gasteiger partial charge in [-0.1, -0.05) is 42.5 Å². The van der Waals surface area contributed by atoms with E-state index in [4.69, 9.17) is 10.8 Å². The summed E-state index contributed by atoms with van der Waals surface area (Å²) in [4.78, 5) is 12.2. The van der Waals surface area contributed by atoms with Gasteiger partial charge < -0.3 is 10.8 Å². The summed E-state index contributed by atoms with van der Waals surface area (Å²) in [5, 5.41) is 21.3. The van der Waals surface area contributed by atoms with E-state index in [0.29, 0.717) is 5.82 Å². The van der Waals surface area contributed by atoms with Gasteiger partial charge in [0.25, 0.3) is 0 Å². The highest BCUT2D eigenvalue weighted by atomic mass is 16.4. The molecule has 7 heteroatoms. The van der Waals surface area contributed by atoms with Crippen LogP contribution < -0.4 is 5.73 Å². The van der Waals surface area contributed by atoms with Crippen LogP contribution in [0.4, 0.5) is 0 Å². The number of aromatic nitrogens is 4. The number of carbonyl (C=O) groups is 1. The Morgan fingerprint density at radius 1 is 1.13 bits per heavy atom. The zero-order chi connectivity index (χ0) is 16.2. The largest absolute Gasteiger partial charge is 0.480 e. The molecule has 116 valence electrons. The average Bonchev–Trinajstić information content (AvgIpc) is 3.06. The van der Waals surface area contributed by atoms with Crippen molar-refractivity contribution in [1.82, 2.24) is 20.2 Å². The number of aliphatic carboxylic acids is 1. The number of carboxylic acid groups (broad SMARTS) is 1. The molecule has 3 aromatic rings. The third-order valence-electron chi connectivity index (χ3n) is 3.39. The van der Waals surface area contributed by atoms with Crippen LogP contribution in [-0.4, -0.2) is 37.3 Å². The molecule has 0 fully saturated rings. The van der Waals surface area contributed by atoms with Crippen LogP contribution in [0.5, 0.6) is 0 Å². The van der Waals surface area contributed by atoms with Crippen molar-refractivity contribution < 1.29 is 9.90 Å². The van der Waals surface area contributed by atoms with Gasteiger partial charge in [0.2, 0.25) is 5.82 Å². The number of para-hydroxylation sites is 1. The highest BCUT2D eigenvalue weighted by Gasteiger charge is 2.12. The number of hydrogen-bond donors (Lipinski definition) is 2. The van der Waals surface area contributed by atoms with E-state index in [-0.39, 0.29) is 6.42 Å². The van der Waals surface area contributed by atoms with Gasteiger partial charge in [-0.3, -0.25) is 4.79 Å². The Hall–Kier alpha value is -3.06. The van der Waals surface area contributed by atoms with Gasteiger partial charge >= 0.3 is 5.97 Å². The van der Waals surface area contributed by atoms with Gasteiger partial charge in [0.05, 0.1) is 5.69 Å². The number of hydrogen-bond acceptors (Lipinski definition) is 5. The lowest BCUT2D eigenvalue weighted by molar-refractivity contribution is -0.138. The summed E-state index contributed by atoms with van der Waals surface area (Å²) in [6.45, 7) is 0. The summed E-state index contributed by atoms with van der Waals surface area (Å²) in [6, 6.07) is 15.9. The molecule has 3 rings (SSSR count). The van der Waals surface area contributed by atoms with E-state index in [1.54, 1.807) is 0 Å². The molecule has 1 atom stereocenters. The molecule has 0 amide bonds. The fourth-order valence-electron chi connectivity index (χ4n) is 2.13. The first-order chi connectivity index (χ1) is 11.1. The zero-order valence-corrected chi connectivity index (χ0v) is 12.2. The molecular weight excluding hydrogens is 294 g/mol. The van der Waals surface area contributed by atoms with Crippen molar-refractivity contribution in [3.63, 3.8) is 0 Å². The van der Waals surface area contributed by atoms with Gasteiger partial charge in [-0.2, -0.15) is 0 Å². The Morgan fingerprint density at radius 3 is 2.48 bits per heavy atom. The topological polar surface area (TPSA) is 107 Å². The van der Waals surface area contributed by atoms with E-state index < -0.39 is 12.0 Å². The van der Waals surface area contributed by atoms with Gasteiger partial charge in [-0.25, -0.2) is 0 Å². The molecule has 0 bridgehead atoms. The molecular formula is C16H15N5O2. The van der Waals surface area contributed by atoms with Crippen LogP contribution in [0.2, 0.25) is 0 Å². The SMILES string of the molecule is N[C@@H](Cc1ccc(-c2nnn(-c3ccccc3)n2)cc1)C(=O)O. The van der Waals surface area contributed by atoms with Crippen molar-refractivity contribution >= 4 is 5.97 Å². The summed E-state index contributed by atoms with van der Waals surface area (Å²) >= 11 is 0. The molecule has 0 saturated heterocycles. The molecule has 0 aliphatic heterocycles. The molecule has 0 unspecified atom stereocenters. The minimum atomic E-state index is -1.01. The third-order valence-corrected chi connectivity index (χ3v) is 3.39. The molecule has 0 spiro atoms. The van der Waals surface area contributed by atoms with Crippen LogP contribution in [0.25, 0.3) is 17.1 Å². The van der Waals surface area contributed by atoms with E-state index in [1.165, 1.54) is 4.80 Å². The highest BCUT2D eigenvalue weighted by molar-refractivity contribution is 5.73. The van der Waals surface area contributed by atoms with Crippen molar-refractivity contribution in [3.8, 4) is 17.1 Å². The summed E-state index contributed by atoms with van der Waals surface area (Å²) in [7, 11) is 0. The number of nitrogens with two attached hydrogens (primary N) is 1. The van der Waals surface area contributed by atoms with Crippen molar-refractivity contribution in [2.75, 3.05) is 0 Å². The van der Waals surface area contributed by atoms with Crippen molar-refractivity contribution in [3.05, 3.63) is 60.2 Å². The zero-order valence-electron chi connectivity index (χ0n) is 12.2. The van der Waals surface area contributed by atoms with Gasteiger partial charge in [0.1, 0.15) is 6.04 Å². The maximum absolute atomic E-state index is 10.8. The van der Waals surface area contributed by atoms with Crippen molar-refractivity contribution in [2.24, 2.45) is 5.73 Å². The van der Waals surface area contributed by atoms with Crippen LogP contribution in [0.15, 0.2) is 54.6 Å². The van der Waals surface area contributed by atoms with Crippen LogP contribution in [0, 0.1) is 0 Å². The minimum Gasteiger partial charge on any atom is -0.480 e. The Balaban J connectivity index is 1.78. The van der Waals surface area contributed by atoms with E-state index in [9.17, 15) is 4.79 Å². The molecule has 1 heterocycles. The normalized spacial score (nSPS) is 12.0. The van der Waals surface area contributed by atoms with Crippen molar-refractivity contribution in [1.29, 1.82) is 0 Å². The number of nitrogens with zero attached hydrogens (tertiary/aromatic N) is 4. The monoisotopic (exact) mass is 309 g/mol.